The summed E-state index contributed by atoms with van der Waals surface area (Å²) in [5.74, 6) is -1.91. The number of rotatable bonds is 5. The van der Waals surface area contributed by atoms with Gasteiger partial charge in [0.25, 0.3) is 0 Å². The number of aliphatic hydroxyl groups excluding tert-OH is 2. The van der Waals surface area contributed by atoms with Gasteiger partial charge in [-0.05, 0) is 29.9 Å². The molecule has 1 aromatic rings. The molecule has 17 heavy (non-hydrogen) atoms. The fourth-order valence-electron chi connectivity index (χ4n) is 1.40. The van der Waals surface area contributed by atoms with Crippen LogP contribution in [0.3, 0.4) is 0 Å². The quantitative estimate of drug-likeness (QED) is 0.601. The van der Waals surface area contributed by atoms with Gasteiger partial charge in [-0.25, -0.2) is 9.18 Å². The van der Waals surface area contributed by atoms with Crippen LogP contribution in [0, 0.1) is 5.82 Å². The van der Waals surface area contributed by atoms with Gasteiger partial charge in [-0.15, -0.1) is 0 Å². The highest BCUT2D eigenvalue weighted by atomic mass is 32.1. The molecule has 0 bridgehead atoms. The molecule has 0 spiro atoms. The van der Waals surface area contributed by atoms with E-state index >= 15 is 0 Å². The molecule has 0 heterocycles. The lowest BCUT2D eigenvalue weighted by atomic mass is 10.0. The zero-order valence-corrected chi connectivity index (χ0v) is 9.77. The Hall–Kier alpha value is -1.11. The lowest BCUT2D eigenvalue weighted by Gasteiger charge is -2.17. The summed E-state index contributed by atoms with van der Waals surface area (Å²) in [4.78, 5) is 10.7. The largest absolute Gasteiger partial charge is 0.478 e. The van der Waals surface area contributed by atoms with Crippen molar-refractivity contribution in [3.05, 3.63) is 35.1 Å². The van der Waals surface area contributed by atoms with Gasteiger partial charge in [-0.3, -0.25) is 0 Å². The van der Waals surface area contributed by atoms with Gasteiger partial charge in [0.1, 0.15) is 11.9 Å². The van der Waals surface area contributed by atoms with E-state index in [0.29, 0.717) is 5.75 Å². The molecule has 0 aliphatic carbocycles. The molecule has 0 aliphatic rings. The molecule has 0 aliphatic heterocycles. The fourth-order valence-corrected chi connectivity index (χ4v) is 1.67. The Balaban J connectivity index is 2.99. The number of halogens is 1. The monoisotopic (exact) mass is 260 g/mol. The number of thiol groups is 1. The molecule has 0 aromatic heterocycles. The summed E-state index contributed by atoms with van der Waals surface area (Å²) in [5, 5.41) is 28.0. The Morgan fingerprint density at radius 2 is 2.06 bits per heavy atom. The summed E-state index contributed by atoms with van der Waals surface area (Å²) in [6.07, 6.45) is -2.05. The van der Waals surface area contributed by atoms with Crippen LogP contribution in [-0.4, -0.2) is 33.1 Å². The average Bonchev–Trinajstić information content (AvgIpc) is 2.28. The van der Waals surface area contributed by atoms with Crippen LogP contribution in [0.4, 0.5) is 4.39 Å². The number of hydrogen-bond acceptors (Lipinski definition) is 4. The zero-order valence-electron chi connectivity index (χ0n) is 8.88. The van der Waals surface area contributed by atoms with Gasteiger partial charge in [0.15, 0.2) is 0 Å². The molecule has 6 heteroatoms. The summed E-state index contributed by atoms with van der Waals surface area (Å²) in [6, 6.07) is 3.22. The van der Waals surface area contributed by atoms with Crippen LogP contribution < -0.4 is 0 Å². The van der Waals surface area contributed by atoms with Crippen molar-refractivity contribution in [3.63, 3.8) is 0 Å². The smallest absolute Gasteiger partial charge is 0.338 e. The lowest BCUT2D eigenvalue weighted by molar-refractivity contribution is 0.0171. The van der Waals surface area contributed by atoms with Crippen LogP contribution in [0.5, 0.6) is 0 Å². The topological polar surface area (TPSA) is 77.8 Å². The molecule has 0 saturated heterocycles. The van der Waals surface area contributed by atoms with E-state index in [1.54, 1.807) is 0 Å². The van der Waals surface area contributed by atoms with E-state index < -0.39 is 29.6 Å². The Morgan fingerprint density at radius 1 is 1.41 bits per heavy atom. The first-order valence-electron chi connectivity index (χ1n) is 4.97. The number of aromatic carboxylic acids is 1. The molecule has 3 N–H and O–H groups in total. The van der Waals surface area contributed by atoms with Crippen LogP contribution in [0.25, 0.3) is 0 Å². The second-order valence-corrected chi connectivity index (χ2v) is 4.02. The van der Waals surface area contributed by atoms with Gasteiger partial charge in [-0.1, -0.05) is 6.07 Å². The summed E-state index contributed by atoms with van der Waals surface area (Å²) >= 11 is 3.91. The normalized spacial score (nSPS) is 14.4. The van der Waals surface area contributed by atoms with Crippen LogP contribution in [0.15, 0.2) is 18.2 Å². The third-order valence-corrected chi connectivity index (χ3v) is 2.61. The molecule has 0 radical (unpaired) electrons. The van der Waals surface area contributed by atoms with Crippen molar-refractivity contribution in [2.24, 2.45) is 0 Å². The van der Waals surface area contributed by atoms with Crippen molar-refractivity contribution < 1.29 is 24.5 Å². The van der Waals surface area contributed by atoms with E-state index in [9.17, 15) is 19.4 Å². The molecule has 0 fully saturated rings. The number of aliphatic hydroxyl groups is 2. The molecule has 0 saturated carbocycles. The summed E-state index contributed by atoms with van der Waals surface area (Å²) in [5.41, 5.74) is -0.363. The maximum Gasteiger partial charge on any atom is 0.338 e. The first-order valence-corrected chi connectivity index (χ1v) is 5.60. The highest BCUT2D eigenvalue weighted by Crippen LogP contribution is 2.21. The number of carboxylic acid groups (broad SMARTS) is 1. The van der Waals surface area contributed by atoms with Gasteiger partial charge < -0.3 is 15.3 Å². The van der Waals surface area contributed by atoms with E-state index in [1.165, 1.54) is 6.07 Å². The third-order valence-electron chi connectivity index (χ3n) is 2.35. The SMILES string of the molecule is O=C(O)c1cc(C(O)C(O)CCS)ccc1F. The van der Waals surface area contributed by atoms with Crippen LogP contribution in [0.2, 0.25) is 0 Å². The molecule has 1 aromatic carbocycles. The molecule has 0 amide bonds. The Kier molecular flexibility index (Phi) is 4.92. The van der Waals surface area contributed by atoms with Crippen molar-refractivity contribution in [1.29, 1.82) is 0 Å². The molecule has 94 valence electrons. The molecule has 2 unspecified atom stereocenters. The van der Waals surface area contributed by atoms with E-state index in [4.69, 9.17) is 5.11 Å². The number of carboxylic acids is 1. The van der Waals surface area contributed by atoms with Crippen molar-refractivity contribution in [2.75, 3.05) is 5.75 Å². The average molecular weight is 260 g/mol. The highest BCUT2D eigenvalue weighted by molar-refractivity contribution is 7.80. The van der Waals surface area contributed by atoms with Gasteiger partial charge in [0.05, 0.1) is 11.7 Å². The van der Waals surface area contributed by atoms with Crippen molar-refractivity contribution in [2.45, 2.75) is 18.6 Å². The Morgan fingerprint density at radius 3 is 2.59 bits per heavy atom. The lowest BCUT2D eigenvalue weighted by Crippen LogP contribution is -2.19. The first-order chi connectivity index (χ1) is 7.97. The number of hydrogen-bond donors (Lipinski definition) is 4. The molecule has 1 rings (SSSR count). The minimum atomic E-state index is -1.42. The molecular formula is C11H13FO4S. The molecular weight excluding hydrogens is 247 g/mol. The predicted molar refractivity (Wildman–Crippen MR) is 62.8 cm³/mol. The van der Waals surface area contributed by atoms with E-state index in [-0.39, 0.29) is 12.0 Å². The molecule has 2 atom stereocenters. The second kappa shape index (κ2) is 6.00. The first kappa shape index (κ1) is 14.0. The van der Waals surface area contributed by atoms with Crippen molar-refractivity contribution in [1.82, 2.24) is 0 Å². The maximum atomic E-state index is 13.1. The van der Waals surface area contributed by atoms with E-state index in [0.717, 1.165) is 12.1 Å². The van der Waals surface area contributed by atoms with E-state index in [1.807, 2.05) is 0 Å². The summed E-state index contributed by atoms with van der Waals surface area (Å²) < 4.78 is 13.1. The minimum absolute atomic E-state index is 0.165. The second-order valence-electron chi connectivity index (χ2n) is 3.57. The minimum Gasteiger partial charge on any atom is -0.478 e. The third kappa shape index (κ3) is 3.42. The fraction of sp³-hybridized carbons (Fsp3) is 0.364. The Bertz CT molecular complexity index is 410. The van der Waals surface area contributed by atoms with Crippen LogP contribution in [-0.2, 0) is 0 Å². The van der Waals surface area contributed by atoms with Crippen LogP contribution in [0.1, 0.15) is 28.4 Å². The van der Waals surface area contributed by atoms with Gasteiger partial charge in [-0.2, -0.15) is 12.6 Å². The zero-order chi connectivity index (χ0) is 13.0. The van der Waals surface area contributed by atoms with Crippen molar-refractivity contribution in [3.8, 4) is 0 Å². The van der Waals surface area contributed by atoms with Crippen molar-refractivity contribution >= 4 is 18.6 Å². The van der Waals surface area contributed by atoms with Gasteiger partial charge >= 0.3 is 5.97 Å². The standard InChI is InChI=1S/C11H13FO4S/c12-8-2-1-6(5-7(8)11(15)16)10(14)9(13)3-4-17/h1-2,5,9-10,13-14,17H,3-4H2,(H,15,16). The van der Waals surface area contributed by atoms with Gasteiger partial charge in [0.2, 0.25) is 0 Å². The number of carbonyl (C=O) groups is 1. The Labute approximate surface area is 103 Å². The summed E-state index contributed by atoms with van der Waals surface area (Å²) in [6.45, 7) is 0. The predicted octanol–water partition coefficient (Wildman–Crippen LogP) is 1.24. The van der Waals surface area contributed by atoms with Gasteiger partial charge in [0, 0.05) is 0 Å². The summed E-state index contributed by atoms with van der Waals surface area (Å²) in [7, 11) is 0. The molecule has 4 nitrogen and oxygen atoms in total. The maximum absolute atomic E-state index is 13.1. The number of benzene rings is 1. The highest BCUT2D eigenvalue weighted by Gasteiger charge is 2.20. The van der Waals surface area contributed by atoms with E-state index in [2.05, 4.69) is 12.6 Å². The van der Waals surface area contributed by atoms with Crippen LogP contribution >= 0.6 is 12.6 Å².